The lowest BCUT2D eigenvalue weighted by Crippen LogP contribution is -2.15. The summed E-state index contributed by atoms with van der Waals surface area (Å²) < 4.78 is 27.4. The number of anilines is 1. The number of hydrogen-bond donors (Lipinski definition) is 1. The molecular weight excluding hydrogens is 441 g/mol. The Labute approximate surface area is 192 Å². The molecule has 0 spiro atoms. The molecule has 0 unspecified atom stereocenters. The fourth-order valence-electron chi connectivity index (χ4n) is 4.12. The van der Waals surface area contributed by atoms with E-state index < -0.39 is 0 Å². The summed E-state index contributed by atoms with van der Waals surface area (Å²) in [7, 11) is 0. The first kappa shape index (κ1) is 19.8. The maximum atomic E-state index is 14.4. The van der Waals surface area contributed by atoms with Gasteiger partial charge in [0.1, 0.15) is 28.5 Å². The van der Waals surface area contributed by atoms with Crippen molar-refractivity contribution in [2.24, 2.45) is 0 Å². The molecule has 2 aromatic carbocycles. The van der Waals surface area contributed by atoms with E-state index >= 15 is 0 Å². The smallest absolute Gasteiger partial charge is 0.189 e. The van der Waals surface area contributed by atoms with Gasteiger partial charge in [-0.1, -0.05) is 30.3 Å². The lowest BCUT2D eigenvalue weighted by Gasteiger charge is -2.21. The van der Waals surface area contributed by atoms with Crippen LogP contribution in [0.15, 0.2) is 61.2 Å². The number of hydrogen-bond acceptors (Lipinski definition) is 7. The van der Waals surface area contributed by atoms with E-state index in [-0.39, 0.29) is 12.6 Å². The number of nitrogens with zero attached hydrogens (tertiary/aromatic N) is 4. The van der Waals surface area contributed by atoms with Crippen molar-refractivity contribution < 1.29 is 13.9 Å². The first-order valence-electron chi connectivity index (χ1n) is 10.3. The zero-order valence-corrected chi connectivity index (χ0v) is 18.2. The molecule has 6 rings (SSSR count). The van der Waals surface area contributed by atoms with E-state index in [0.717, 1.165) is 37.6 Å². The average Bonchev–Trinajstić information content (AvgIpc) is 3.44. The lowest BCUT2D eigenvalue weighted by atomic mass is 10.1. The SMILES string of the molecule is Nc1ncnc2sc(-c3c(-c4ccccc4)ncn3Cc3cc(F)cc4c3OCOC4)cc12. The molecular formula is C24H18FN5O2S. The van der Waals surface area contributed by atoms with Gasteiger partial charge in [0.25, 0.3) is 0 Å². The number of rotatable bonds is 4. The molecule has 1 aliphatic heterocycles. The molecule has 0 saturated carbocycles. The van der Waals surface area contributed by atoms with Crippen LogP contribution in [-0.2, 0) is 17.9 Å². The first-order valence-corrected chi connectivity index (χ1v) is 11.1. The van der Waals surface area contributed by atoms with Gasteiger partial charge in [-0.15, -0.1) is 11.3 Å². The molecule has 0 atom stereocenters. The van der Waals surface area contributed by atoms with E-state index in [4.69, 9.17) is 20.2 Å². The molecule has 0 fully saturated rings. The van der Waals surface area contributed by atoms with Crippen LogP contribution in [0.2, 0.25) is 0 Å². The summed E-state index contributed by atoms with van der Waals surface area (Å²) in [6.45, 7) is 0.844. The van der Waals surface area contributed by atoms with Crippen LogP contribution >= 0.6 is 11.3 Å². The summed E-state index contributed by atoms with van der Waals surface area (Å²) in [4.78, 5) is 15.0. The van der Waals surface area contributed by atoms with Gasteiger partial charge in [0, 0.05) is 16.7 Å². The van der Waals surface area contributed by atoms with E-state index in [1.165, 1.54) is 29.8 Å². The minimum atomic E-state index is -0.326. The number of aromatic nitrogens is 4. The third-order valence-corrected chi connectivity index (χ3v) is 6.62. The van der Waals surface area contributed by atoms with Crippen molar-refractivity contribution in [2.45, 2.75) is 13.2 Å². The van der Waals surface area contributed by atoms with Gasteiger partial charge in [-0.25, -0.2) is 19.3 Å². The molecule has 9 heteroatoms. The summed E-state index contributed by atoms with van der Waals surface area (Å²) in [6, 6.07) is 14.9. The molecule has 5 aromatic rings. The zero-order valence-electron chi connectivity index (χ0n) is 17.4. The minimum absolute atomic E-state index is 0.145. The fraction of sp³-hybridized carbons (Fsp3) is 0.125. The maximum Gasteiger partial charge on any atom is 0.189 e. The van der Waals surface area contributed by atoms with E-state index in [1.807, 2.05) is 41.0 Å². The third-order valence-electron chi connectivity index (χ3n) is 5.57. The normalized spacial score (nSPS) is 13.1. The molecule has 0 radical (unpaired) electrons. The van der Waals surface area contributed by atoms with Crippen LogP contribution in [0.25, 0.3) is 32.0 Å². The molecule has 33 heavy (non-hydrogen) atoms. The van der Waals surface area contributed by atoms with Crippen LogP contribution in [-0.4, -0.2) is 26.3 Å². The number of thiophene rings is 1. The number of halogens is 1. The Morgan fingerprint density at radius 1 is 1.09 bits per heavy atom. The van der Waals surface area contributed by atoms with Gasteiger partial charge in [0.2, 0.25) is 0 Å². The van der Waals surface area contributed by atoms with Crippen molar-refractivity contribution in [1.29, 1.82) is 0 Å². The van der Waals surface area contributed by atoms with Gasteiger partial charge in [-0.2, -0.15) is 0 Å². The van der Waals surface area contributed by atoms with Gasteiger partial charge in [-0.3, -0.25) is 0 Å². The highest BCUT2D eigenvalue weighted by molar-refractivity contribution is 7.21. The Morgan fingerprint density at radius 2 is 1.97 bits per heavy atom. The van der Waals surface area contributed by atoms with Gasteiger partial charge in [0.15, 0.2) is 6.79 Å². The summed E-state index contributed by atoms with van der Waals surface area (Å²) >= 11 is 1.52. The van der Waals surface area contributed by atoms with Crippen LogP contribution < -0.4 is 10.5 Å². The van der Waals surface area contributed by atoms with Gasteiger partial charge < -0.3 is 19.8 Å². The highest BCUT2D eigenvalue weighted by Crippen LogP contribution is 2.40. The first-order chi connectivity index (χ1) is 16.2. The Morgan fingerprint density at radius 3 is 2.82 bits per heavy atom. The molecule has 7 nitrogen and oxygen atoms in total. The number of nitrogen functional groups attached to an aromatic ring is 1. The van der Waals surface area contributed by atoms with E-state index in [2.05, 4.69) is 9.97 Å². The summed E-state index contributed by atoms with van der Waals surface area (Å²) in [5, 5.41) is 0.799. The Bertz CT molecular complexity index is 1480. The van der Waals surface area contributed by atoms with E-state index in [0.29, 0.717) is 30.3 Å². The minimum Gasteiger partial charge on any atom is -0.467 e. The van der Waals surface area contributed by atoms with Crippen LogP contribution in [0.4, 0.5) is 10.2 Å². The Balaban J connectivity index is 1.53. The number of fused-ring (bicyclic) bond motifs is 2. The van der Waals surface area contributed by atoms with E-state index in [9.17, 15) is 4.39 Å². The molecule has 2 N–H and O–H groups in total. The number of imidazole rings is 1. The topological polar surface area (TPSA) is 88.1 Å². The molecule has 3 aromatic heterocycles. The van der Waals surface area contributed by atoms with E-state index in [1.54, 1.807) is 6.33 Å². The lowest BCUT2D eigenvalue weighted by molar-refractivity contribution is -0.0173. The average molecular weight is 460 g/mol. The number of ether oxygens (including phenoxy) is 2. The third kappa shape index (κ3) is 3.51. The number of nitrogens with two attached hydrogens (primary N) is 1. The van der Waals surface area contributed by atoms with Crippen molar-refractivity contribution in [3.05, 3.63) is 78.1 Å². The van der Waals surface area contributed by atoms with Crippen molar-refractivity contribution in [2.75, 3.05) is 12.5 Å². The van der Waals surface area contributed by atoms with Crippen LogP contribution in [0.3, 0.4) is 0 Å². The zero-order chi connectivity index (χ0) is 22.4. The fourth-order valence-corrected chi connectivity index (χ4v) is 5.18. The summed E-state index contributed by atoms with van der Waals surface area (Å²) in [5.74, 6) is 0.769. The van der Waals surface area contributed by atoms with Gasteiger partial charge in [0.05, 0.1) is 41.1 Å². The summed E-state index contributed by atoms with van der Waals surface area (Å²) in [6.07, 6.45) is 3.24. The van der Waals surface area contributed by atoms with Crippen molar-refractivity contribution in [3.63, 3.8) is 0 Å². The second kappa shape index (κ2) is 7.95. The van der Waals surface area contributed by atoms with Crippen molar-refractivity contribution in [1.82, 2.24) is 19.5 Å². The van der Waals surface area contributed by atoms with Gasteiger partial charge >= 0.3 is 0 Å². The number of benzene rings is 2. The second-order valence-electron chi connectivity index (χ2n) is 7.69. The molecule has 0 saturated heterocycles. The van der Waals surface area contributed by atoms with Gasteiger partial charge in [-0.05, 0) is 18.2 Å². The molecule has 0 amide bonds. The molecule has 164 valence electrons. The molecule has 0 bridgehead atoms. The quantitative estimate of drug-likeness (QED) is 0.413. The highest BCUT2D eigenvalue weighted by atomic mass is 32.1. The largest absolute Gasteiger partial charge is 0.467 e. The van der Waals surface area contributed by atoms with Crippen molar-refractivity contribution >= 4 is 27.4 Å². The van der Waals surface area contributed by atoms with Crippen LogP contribution in [0, 0.1) is 5.82 Å². The van der Waals surface area contributed by atoms with Crippen LogP contribution in [0.5, 0.6) is 5.75 Å². The summed E-state index contributed by atoms with van der Waals surface area (Å²) in [5.41, 5.74) is 10.2. The Kier molecular flexibility index (Phi) is 4.78. The molecule has 0 aliphatic carbocycles. The predicted molar refractivity (Wildman–Crippen MR) is 124 cm³/mol. The molecule has 1 aliphatic rings. The predicted octanol–water partition coefficient (Wildman–Crippen LogP) is 4.86. The van der Waals surface area contributed by atoms with Crippen molar-refractivity contribution in [3.8, 4) is 27.6 Å². The Hall–Kier alpha value is -3.82. The highest BCUT2D eigenvalue weighted by Gasteiger charge is 2.22. The standard InChI is InChI=1S/C24H18FN5O2S/c25-17-6-15(22-16(7-17)10-31-13-32-22)9-30-12-29-20(14-4-2-1-3-5-14)21(30)19-8-18-23(26)27-11-28-24(18)33-19/h1-8,11-12H,9-10,13H2,(H2,26,27,28). The molecule has 4 heterocycles. The van der Waals surface area contributed by atoms with Crippen LogP contribution in [0.1, 0.15) is 11.1 Å². The maximum absolute atomic E-state index is 14.4. The monoisotopic (exact) mass is 459 g/mol. The second-order valence-corrected chi connectivity index (χ2v) is 8.72.